The summed E-state index contributed by atoms with van der Waals surface area (Å²) >= 11 is 8.55. The summed E-state index contributed by atoms with van der Waals surface area (Å²) in [4.78, 5) is 0.239. The first-order valence-electron chi connectivity index (χ1n) is 6.49. The summed E-state index contributed by atoms with van der Waals surface area (Å²) in [7, 11) is 0. The fourth-order valence-electron chi connectivity index (χ4n) is 1.90. The summed E-state index contributed by atoms with van der Waals surface area (Å²) < 4.78 is 7.99. The molecule has 1 aromatic heterocycles. The van der Waals surface area contributed by atoms with Crippen molar-refractivity contribution >= 4 is 33.8 Å². The lowest BCUT2D eigenvalue weighted by Crippen LogP contribution is -2.09. The number of halogens is 1. The second kappa shape index (κ2) is 6.33. The molecule has 0 aliphatic heterocycles. The molecule has 3 aromatic rings. The number of anilines is 1. The summed E-state index contributed by atoms with van der Waals surface area (Å²) in [6, 6.07) is 14.6. The van der Waals surface area contributed by atoms with Gasteiger partial charge in [-0.25, -0.2) is 4.68 Å². The van der Waals surface area contributed by atoms with E-state index in [0.717, 1.165) is 10.2 Å². The number of para-hydroxylation sites is 1. The van der Waals surface area contributed by atoms with Crippen molar-refractivity contribution in [2.75, 3.05) is 5.32 Å². The van der Waals surface area contributed by atoms with E-state index in [1.54, 1.807) is 24.3 Å². The highest BCUT2D eigenvalue weighted by molar-refractivity contribution is 9.10. The molecule has 0 spiro atoms. The van der Waals surface area contributed by atoms with Gasteiger partial charge in [-0.2, -0.15) is 0 Å². The molecule has 22 heavy (non-hydrogen) atoms. The normalized spacial score (nSPS) is 10.6. The van der Waals surface area contributed by atoms with E-state index in [-0.39, 0.29) is 10.6 Å². The zero-order chi connectivity index (χ0) is 15.5. The highest BCUT2D eigenvalue weighted by Crippen LogP contribution is 2.27. The number of hydrogen-bond donors (Lipinski definition) is 2. The van der Waals surface area contributed by atoms with Crippen molar-refractivity contribution in [1.29, 1.82) is 0 Å². The minimum Gasteiger partial charge on any atom is -0.507 e. The first kappa shape index (κ1) is 14.8. The Hall–Kier alpha value is -2.12. The van der Waals surface area contributed by atoms with Gasteiger partial charge in [-0.05, 0) is 48.6 Å². The quantitative estimate of drug-likeness (QED) is 0.659. The van der Waals surface area contributed by atoms with Gasteiger partial charge >= 0.3 is 0 Å². The maximum absolute atomic E-state index is 9.83. The Labute approximate surface area is 140 Å². The average Bonchev–Trinajstić information content (AvgIpc) is 2.88. The number of phenols is 1. The van der Waals surface area contributed by atoms with Crippen LogP contribution in [0.1, 0.15) is 0 Å². The van der Waals surface area contributed by atoms with Gasteiger partial charge in [-0.1, -0.05) is 28.1 Å². The van der Waals surface area contributed by atoms with Crippen LogP contribution < -0.4 is 5.32 Å². The summed E-state index contributed by atoms with van der Waals surface area (Å²) in [5.41, 5.74) is 1.45. The molecule has 0 radical (unpaired) electrons. The number of rotatable bonds is 4. The molecule has 3 rings (SSSR count). The van der Waals surface area contributed by atoms with Crippen LogP contribution in [0.5, 0.6) is 5.75 Å². The third-order valence-electron chi connectivity index (χ3n) is 3.02. The number of nitrogens with one attached hydrogen (secondary N) is 1. The van der Waals surface area contributed by atoms with Crippen molar-refractivity contribution in [1.82, 2.24) is 9.78 Å². The van der Waals surface area contributed by atoms with Gasteiger partial charge in [0.05, 0.1) is 5.56 Å². The predicted molar refractivity (Wildman–Crippen MR) is 90.2 cm³/mol. The van der Waals surface area contributed by atoms with Crippen LogP contribution in [0.25, 0.3) is 11.5 Å². The zero-order valence-electron chi connectivity index (χ0n) is 11.4. The average molecular weight is 378 g/mol. The van der Waals surface area contributed by atoms with Crippen LogP contribution >= 0.6 is 28.1 Å². The Kier molecular flexibility index (Phi) is 4.26. The van der Waals surface area contributed by atoms with Gasteiger partial charge in [-0.3, -0.25) is 0 Å². The van der Waals surface area contributed by atoms with Crippen molar-refractivity contribution in [3.63, 3.8) is 0 Å². The van der Waals surface area contributed by atoms with Crippen molar-refractivity contribution < 1.29 is 9.52 Å². The molecule has 0 fully saturated rings. The molecule has 0 saturated heterocycles. The van der Waals surface area contributed by atoms with Crippen molar-refractivity contribution in [2.45, 2.75) is 6.67 Å². The smallest absolute Gasteiger partial charge is 0.289 e. The first-order chi connectivity index (χ1) is 10.6. The fraction of sp³-hybridized carbons (Fsp3) is 0.0667. The highest BCUT2D eigenvalue weighted by atomic mass is 79.9. The van der Waals surface area contributed by atoms with Crippen molar-refractivity contribution in [3.05, 3.63) is 57.8 Å². The summed E-state index contributed by atoms with van der Waals surface area (Å²) in [6.07, 6.45) is 0. The van der Waals surface area contributed by atoms with E-state index in [1.165, 1.54) is 4.68 Å². The molecule has 2 aromatic carbocycles. The molecule has 0 amide bonds. The van der Waals surface area contributed by atoms with Crippen LogP contribution in [-0.2, 0) is 6.67 Å². The number of aromatic nitrogens is 2. The third-order valence-corrected chi connectivity index (χ3v) is 3.84. The number of benzene rings is 2. The largest absolute Gasteiger partial charge is 0.507 e. The monoisotopic (exact) mass is 377 g/mol. The second-order valence-corrected chi connectivity index (χ2v) is 5.80. The van der Waals surface area contributed by atoms with Crippen LogP contribution in [0.15, 0.2) is 57.4 Å². The van der Waals surface area contributed by atoms with E-state index in [2.05, 4.69) is 26.3 Å². The molecule has 0 atom stereocenters. The highest BCUT2D eigenvalue weighted by Gasteiger charge is 2.11. The second-order valence-electron chi connectivity index (χ2n) is 4.53. The number of aromatic hydroxyl groups is 1. The Morgan fingerprint density at radius 2 is 1.91 bits per heavy atom. The molecule has 0 aliphatic rings. The van der Waals surface area contributed by atoms with Crippen LogP contribution in [0.2, 0.25) is 0 Å². The van der Waals surface area contributed by atoms with Crippen LogP contribution in [0.3, 0.4) is 0 Å². The Bertz CT molecular complexity index is 842. The van der Waals surface area contributed by atoms with Crippen molar-refractivity contribution in [2.24, 2.45) is 0 Å². The lowest BCUT2D eigenvalue weighted by Gasteiger charge is -2.05. The van der Waals surface area contributed by atoms with Crippen LogP contribution in [-0.4, -0.2) is 14.9 Å². The molecule has 5 nitrogen and oxygen atoms in total. The maximum atomic E-state index is 9.83. The summed E-state index contributed by atoms with van der Waals surface area (Å²) in [6.45, 7) is 0.373. The van der Waals surface area contributed by atoms with E-state index >= 15 is 0 Å². The Balaban J connectivity index is 1.80. The van der Waals surface area contributed by atoms with Gasteiger partial charge < -0.3 is 14.8 Å². The standard InChI is InChI=1S/C15H12BrN3O2S/c16-10-5-7-11(8-6-10)17-9-19-15(22)21-14(18-19)12-3-1-2-4-13(12)20/h1-8,17,20H,9H2. The Morgan fingerprint density at radius 1 is 1.18 bits per heavy atom. The Morgan fingerprint density at radius 3 is 2.64 bits per heavy atom. The van der Waals surface area contributed by atoms with Gasteiger partial charge in [-0.15, -0.1) is 5.10 Å². The third kappa shape index (κ3) is 3.20. The van der Waals surface area contributed by atoms with Gasteiger partial charge in [0.2, 0.25) is 0 Å². The molecule has 0 aliphatic carbocycles. The van der Waals surface area contributed by atoms with E-state index in [4.69, 9.17) is 16.6 Å². The van der Waals surface area contributed by atoms with E-state index < -0.39 is 0 Å². The zero-order valence-corrected chi connectivity index (χ0v) is 13.8. The van der Waals surface area contributed by atoms with Gasteiger partial charge in [0.25, 0.3) is 10.7 Å². The number of hydrogen-bond acceptors (Lipinski definition) is 5. The molecule has 0 bridgehead atoms. The van der Waals surface area contributed by atoms with Gasteiger partial charge in [0, 0.05) is 10.2 Å². The maximum Gasteiger partial charge on any atom is 0.289 e. The summed E-state index contributed by atoms with van der Waals surface area (Å²) in [5.74, 6) is 0.396. The molecule has 0 unspecified atom stereocenters. The predicted octanol–water partition coefficient (Wildman–Crippen LogP) is 4.41. The minimum absolute atomic E-state index is 0.103. The lowest BCUT2D eigenvalue weighted by atomic mass is 10.2. The molecule has 7 heteroatoms. The van der Waals surface area contributed by atoms with E-state index in [0.29, 0.717) is 18.1 Å². The molecular weight excluding hydrogens is 366 g/mol. The topological polar surface area (TPSA) is 63.2 Å². The SMILES string of the molecule is Oc1ccccc1-c1nn(CNc2ccc(Br)cc2)c(=S)o1. The van der Waals surface area contributed by atoms with E-state index in [9.17, 15) is 5.11 Å². The first-order valence-corrected chi connectivity index (χ1v) is 7.69. The lowest BCUT2D eigenvalue weighted by molar-refractivity contribution is 0.471. The minimum atomic E-state index is 0.103. The molecule has 0 saturated carbocycles. The molecule has 112 valence electrons. The van der Waals surface area contributed by atoms with Crippen LogP contribution in [0, 0.1) is 4.84 Å². The van der Waals surface area contributed by atoms with E-state index in [1.807, 2.05) is 24.3 Å². The van der Waals surface area contributed by atoms with Crippen molar-refractivity contribution in [3.8, 4) is 17.2 Å². The van der Waals surface area contributed by atoms with Gasteiger partial charge in [0.15, 0.2) is 0 Å². The summed E-state index contributed by atoms with van der Waals surface area (Å²) in [5, 5.41) is 17.3. The van der Waals surface area contributed by atoms with Crippen LogP contribution in [0.4, 0.5) is 5.69 Å². The number of phenolic OH excluding ortho intramolecular Hbond substituents is 1. The fourth-order valence-corrected chi connectivity index (χ4v) is 2.35. The molecule has 2 N–H and O–H groups in total. The molecular formula is C15H12BrN3O2S. The number of nitrogens with zero attached hydrogens (tertiary/aromatic N) is 2. The van der Waals surface area contributed by atoms with Gasteiger partial charge in [0.1, 0.15) is 12.4 Å². The molecule has 1 heterocycles.